The summed E-state index contributed by atoms with van der Waals surface area (Å²) in [6.45, 7) is 2.11. The van der Waals surface area contributed by atoms with E-state index in [4.69, 9.17) is 14.5 Å². The van der Waals surface area contributed by atoms with Crippen LogP contribution in [-0.2, 0) is 7.05 Å². The number of nitrogens with zero attached hydrogens (tertiary/aromatic N) is 3. The third kappa shape index (κ3) is 4.48. The van der Waals surface area contributed by atoms with Crippen molar-refractivity contribution in [3.63, 3.8) is 0 Å². The van der Waals surface area contributed by atoms with Crippen molar-refractivity contribution in [2.24, 2.45) is 7.05 Å². The van der Waals surface area contributed by atoms with Crippen LogP contribution in [0.25, 0.3) is 21.5 Å². The van der Waals surface area contributed by atoms with E-state index in [9.17, 15) is 4.79 Å². The number of fused-ring (bicyclic) bond motifs is 1. The van der Waals surface area contributed by atoms with Crippen LogP contribution in [0, 0.1) is 6.92 Å². The number of rotatable bonds is 7. The molecule has 5 aromatic rings. The maximum atomic E-state index is 11.9. The van der Waals surface area contributed by atoms with Gasteiger partial charge in [-0.1, -0.05) is 12.1 Å². The molecule has 5 rings (SSSR count). The first-order chi connectivity index (χ1) is 17.5. The molecule has 0 saturated heterocycles. The number of carbonyl (C=O) groups excluding carboxylic acids is 1. The number of hydrogen-bond donors (Lipinski definition) is 2. The van der Waals surface area contributed by atoms with Crippen LogP contribution in [0.3, 0.4) is 0 Å². The summed E-state index contributed by atoms with van der Waals surface area (Å²) in [5.41, 5.74) is 5.24. The van der Waals surface area contributed by atoms with Gasteiger partial charge in [0.1, 0.15) is 11.4 Å². The van der Waals surface area contributed by atoms with Crippen molar-refractivity contribution in [3.05, 3.63) is 77.4 Å². The fourth-order valence-corrected chi connectivity index (χ4v) is 4.74. The molecule has 0 radical (unpaired) electrons. The fourth-order valence-electron chi connectivity index (χ4n) is 3.93. The smallest absolute Gasteiger partial charge is 0.269 e. The van der Waals surface area contributed by atoms with Gasteiger partial charge in [-0.05, 0) is 47.7 Å². The summed E-state index contributed by atoms with van der Waals surface area (Å²) in [5.74, 6) is 1.90. The Balaban J connectivity index is 1.48. The normalized spacial score (nSPS) is 10.9. The molecule has 8 nitrogen and oxygen atoms in total. The highest BCUT2D eigenvalue weighted by atomic mass is 32.1. The molecule has 0 unspecified atom stereocenters. The summed E-state index contributed by atoms with van der Waals surface area (Å²) in [4.78, 5) is 22.0. The fraction of sp³-hybridized carbons (Fsp3) is 0.148. The minimum Gasteiger partial charge on any atom is -0.493 e. The standard InChI is InChI=1S/C27H25N5O3S/c1-16-7-8-17(12-19(16)25-6-5-11-36-25)30-27-31-20-14-24(23(34-4)15-22(20)32(27)3)35-18-9-10-29-21(13-18)26(33)28-2/h5-15H,1-4H3,(H,28,33)(H,30,31). The molecule has 0 aliphatic heterocycles. The van der Waals surface area contributed by atoms with Crippen molar-refractivity contribution < 1.29 is 14.3 Å². The number of pyridine rings is 1. The van der Waals surface area contributed by atoms with Crippen molar-refractivity contribution in [2.75, 3.05) is 19.5 Å². The first kappa shape index (κ1) is 23.4. The van der Waals surface area contributed by atoms with Crippen LogP contribution in [0.5, 0.6) is 17.2 Å². The van der Waals surface area contributed by atoms with Gasteiger partial charge in [0.15, 0.2) is 11.5 Å². The monoisotopic (exact) mass is 499 g/mol. The second kappa shape index (κ2) is 9.71. The highest BCUT2D eigenvalue weighted by Crippen LogP contribution is 2.37. The molecule has 36 heavy (non-hydrogen) atoms. The molecule has 0 saturated carbocycles. The number of amides is 1. The van der Waals surface area contributed by atoms with Gasteiger partial charge in [0.25, 0.3) is 5.91 Å². The second-order valence-corrected chi connectivity index (χ2v) is 9.12. The maximum absolute atomic E-state index is 11.9. The zero-order chi connectivity index (χ0) is 25.2. The van der Waals surface area contributed by atoms with Crippen LogP contribution in [0.4, 0.5) is 11.6 Å². The molecule has 3 heterocycles. The lowest BCUT2D eigenvalue weighted by molar-refractivity contribution is 0.0958. The molecular formula is C27H25N5O3S. The lowest BCUT2D eigenvalue weighted by Crippen LogP contribution is -2.18. The molecule has 1 amide bonds. The molecule has 0 spiro atoms. The molecule has 3 aromatic heterocycles. The van der Waals surface area contributed by atoms with E-state index in [1.807, 2.05) is 29.8 Å². The van der Waals surface area contributed by atoms with Crippen LogP contribution < -0.4 is 20.1 Å². The summed E-state index contributed by atoms with van der Waals surface area (Å²) in [5, 5.41) is 8.09. The Morgan fingerprint density at radius 3 is 2.69 bits per heavy atom. The highest BCUT2D eigenvalue weighted by Gasteiger charge is 2.16. The molecule has 0 bridgehead atoms. The Morgan fingerprint density at radius 1 is 1.08 bits per heavy atom. The molecular weight excluding hydrogens is 474 g/mol. The van der Waals surface area contributed by atoms with Crippen molar-refractivity contribution in [1.82, 2.24) is 19.9 Å². The summed E-state index contributed by atoms with van der Waals surface area (Å²) in [6.07, 6.45) is 1.53. The van der Waals surface area contributed by atoms with Gasteiger partial charge >= 0.3 is 0 Å². The molecule has 2 aromatic carbocycles. The van der Waals surface area contributed by atoms with E-state index in [1.54, 1.807) is 37.6 Å². The van der Waals surface area contributed by atoms with Gasteiger partial charge < -0.3 is 24.7 Å². The summed E-state index contributed by atoms with van der Waals surface area (Å²) in [6, 6.07) is 17.5. The third-order valence-electron chi connectivity index (χ3n) is 5.87. The number of ether oxygens (including phenoxy) is 2. The topological polar surface area (TPSA) is 90.3 Å². The zero-order valence-electron chi connectivity index (χ0n) is 20.3. The molecule has 2 N–H and O–H groups in total. The molecule has 182 valence electrons. The number of thiophene rings is 1. The lowest BCUT2D eigenvalue weighted by Gasteiger charge is -2.11. The van der Waals surface area contributed by atoms with Crippen molar-refractivity contribution in [1.29, 1.82) is 0 Å². The first-order valence-electron chi connectivity index (χ1n) is 11.3. The summed E-state index contributed by atoms with van der Waals surface area (Å²) >= 11 is 1.72. The van der Waals surface area contributed by atoms with Crippen molar-refractivity contribution in [2.45, 2.75) is 6.92 Å². The Bertz CT molecular complexity index is 1560. The lowest BCUT2D eigenvalue weighted by atomic mass is 10.1. The number of nitrogens with one attached hydrogen (secondary N) is 2. The molecule has 0 fully saturated rings. The van der Waals surface area contributed by atoms with Gasteiger partial charge in [-0.25, -0.2) is 4.98 Å². The minimum absolute atomic E-state index is 0.263. The quantitative estimate of drug-likeness (QED) is 0.289. The Kier molecular flexibility index (Phi) is 6.30. The first-order valence-corrected chi connectivity index (χ1v) is 12.2. The second-order valence-electron chi connectivity index (χ2n) is 8.18. The number of carbonyl (C=O) groups is 1. The van der Waals surface area contributed by atoms with Crippen LogP contribution >= 0.6 is 11.3 Å². The number of imidazole rings is 1. The Morgan fingerprint density at radius 2 is 1.94 bits per heavy atom. The van der Waals surface area contributed by atoms with E-state index in [1.165, 1.54) is 22.2 Å². The number of aryl methyl sites for hydroxylation is 2. The van der Waals surface area contributed by atoms with Gasteiger partial charge in [0, 0.05) is 49.1 Å². The van der Waals surface area contributed by atoms with E-state index >= 15 is 0 Å². The van der Waals surface area contributed by atoms with E-state index < -0.39 is 0 Å². The van der Waals surface area contributed by atoms with Gasteiger partial charge in [-0.3, -0.25) is 9.78 Å². The number of benzene rings is 2. The minimum atomic E-state index is -0.290. The van der Waals surface area contributed by atoms with Crippen molar-refractivity contribution >= 4 is 39.9 Å². The van der Waals surface area contributed by atoms with Crippen molar-refractivity contribution in [3.8, 4) is 27.7 Å². The van der Waals surface area contributed by atoms with Gasteiger partial charge in [-0.15, -0.1) is 11.3 Å². The number of methoxy groups -OCH3 is 1. The van der Waals surface area contributed by atoms with Crippen LogP contribution in [0.2, 0.25) is 0 Å². The number of hydrogen-bond acceptors (Lipinski definition) is 7. The summed E-state index contributed by atoms with van der Waals surface area (Å²) < 4.78 is 13.6. The third-order valence-corrected chi connectivity index (χ3v) is 6.77. The molecule has 0 aliphatic carbocycles. The van der Waals surface area contributed by atoms with Gasteiger partial charge in [-0.2, -0.15) is 0 Å². The average molecular weight is 500 g/mol. The summed E-state index contributed by atoms with van der Waals surface area (Å²) in [7, 11) is 5.09. The predicted octanol–water partition coefficient (Wildman–Crippen LogP) is 5.91. The predicted molar refractivity (Wildman–Crippen MR) is 143 cm³/mol. The van der Waals surface area contributed by atoms with Gasteiger partial charge in [0.2, 0.25) is 5.95 Å². The van der Waals surface area contributed by atoms with E-state index in [2.05, 4.69) is 52.2 Å². The average Bonchev–Trinajstić information content (AvgIpc) is 3.53. The molecule has 0 aliphatic rings. The largest absolute Gasteiger partial charge is 0.493 e. The SMILES string of the molecule is CNC(=O)c1cc(Oc2cc3nc(Nc4ccc(C)c(-c5cccs5)c4)n(C)c3cc2OC)ccn1. The zero-order valence-corrected chi connectivity index (χ0v) is 21.1. The molecule has 0 atom stereocenters. The van der Waals surface area contributed by atoms with Crippen LogP contribution in [0.1, 0.15) is 16.1 Å². The van der Waals surface area contributed by atoms with E-state index in [-0.39, 0.29) is 11.6 Å². The van der Waals surface area contributed by atoms with Crippen LogP contribution in [0.15, 0.2) is 66.2 Å². The van der Waals surface area contributed by atoms with Crippen LogP contribution in [-0.4, -0.2) is 34.6 Å². The van der Waals surface area contributed by atoms with E-state index in [0.717, 1.165) is 16.7 Å². The Labute approximate surface area is 212 Å². The number of anilines is 2. The van der Waals surface area contributed by atoms with E-state index in [0.29, 0.717) is 23.2 Å². The Hall–Kier alpha value is -4.37. The van der Waals surface area contributed by atoms with Gasteiger partial charge in [0.05, 0.1) is 18.1 Å². The highest BCUT2D eigenvalue weighted by molar-refractivity contribution is 7.13. The number of aromatic nitrogens is 3. The molecule has 9 heteroatoms. The maximum Gasteiger partial charge on any atom is 0.269 e.